The maximum atomic E-state index is 13.3. The van der Waals surface area contributed by atoms with Crippen LogP contribution >= 0.6 is 0 Å². The molecule has 0 unspecified atom stereocenters. The van der Waals surface area contributed by atoms with Gasteiger partial charge in [0.15, 0.2) is 0 Å². The molecular formula is C12H7F2. The van der Waals surface area contributed by atoms with E-state index >= 15 is 0 Å². The van der Waals surface area contributed by atoms with Gasteiger partial charge < -0.3 is 0 Å². The zero-order chi connectivity index (χ0) is 9.97. The lowest BCUT2D eigenvalue weighted by Gasteiger charge is -2.03. The number of benzene rings is 2. The molecule has 0 spiro atoms. The topological polar surface area (TPSA) is 0 Å². The summed E-state index contributed by atoms with van der Waals surface area (Å²) >= 11 is 0. The van der Waals surface area contributed by atoms with E-state index in [1.54, 1.807) is 30.3 Å². The van der Waals surface area contributed by atoms with Gasteiger partial charge in [0.2, 0.25) is 0 Å². The van der Waals surface area contributed by atoms with Crippen molar-refractivity contribution in [2.45, 2.75) is 0 Å². The molecule has 0 nitrogen and oxygen atoms in total. The normalized spacial score (nSPS) is 10.1. The minimum atomic E-state index is -0.587. The summed E-state index contributed by atoms with van der Waals surface area (Å²) in [6.07, 6.45) is 0. The first-order valence-electron chi connectivity index (χ1n) is 4.19. The Morgan fingerprint density at radius 3 is 2.00 bits per heavy atom. The summed E-state index contributed by atoms with van der Waals surface area (Å²) < 4.78 is 26.5. The van der Waals surface area contributed by atoms with Crippen LogP contribution in [-0.4, -0.2) is 0 Å². The fourth-order valence-electron chi connectivity index (χ4n) is 1.33. The molecule has 69 valence electrons. The Morgan fingerprint density at radius 1 is 0.857 bits per heavy atom. The standard InChI is InChI=1S/C12H7F2/c13-10-7-4-8-11(14)12(10)9-5-2-1-3-6-9/h1-3,5-8H. The maximum Gasteiger partial charge on any atom is 0.134 e. The lowest BCUT2D eigenvalue weighted by atomic mass is 10.0. The molecule has 0 N–H and O–H groups in total. The summed E-state index contributed by atoms with van der Waals surface area (Å²) in [7, 11) is 0. The van der Waals surface area contributed by atoms with Crippen LogP contribution in [0.5, 0.6) is 0 Å². The minimum absolute atomic E-state index is 0.00403. The van der Waals surface area contributed by atoms with Crippen molar-refractivity contribution in [1.29, 1.82) is 0 Å². The first-order chi connectivity index (χ1) is 6.79. The molecule has 0 aromatic heterocycles. The van der Waals surface area contributed by atoms with Gasteiger partial charge in [-0.25, -0.2) is 8.78 Å². The Labute approximate surface area is 80.8 Å². The molecule has 0 aliphatic rings. The molecule has 0 amide bonds. The van der Waals surface area contributed by atoms with E-state index < -0.39 is 11.6 Å². The molecular weight excluding hydrogens is 182 g/mol. The van der Waals surface area contributed by atoms with E-state index in [0.717, 1.165) is 12.1 Å². The van der Waals surface area contributed by atoms with Crippen LogP contribution in [0.25, 0.3) is 11.1 Å². The smallest absolute Gasteiger partial charge is 0.134 e. The highest BCUT2D eigenvalue weighted by atomic mass is 19.1. The predicted octanol–water partition coefficient (Wildman–Crippen LogP) is 3.43. The number of hydrogen-bond donors (Lipinski definition) is 0. The third-order valence-corrected chi connectivity index (χ3v) is 1.96. The van der Waals surface area contributed by atoms with E-state index in [-0.39, 0.29) is 5.56 Å². The summed E-state index contributed by atoms with van der Waals surface area (Å²) in [5, 5.41) is 0. The van der Waals surface area contributed by atoms with Gasteiger partial charge in [-0.1, -0.05) is 30.3 Å². The number of rotatable bonds is 1. The van der Waals surface area contributed by atoms with Gasteiger partial charge in [0, 0.05) is 0 Å². The Morgan fingerprint density at radius 2 is 1.43 bits per heavy atom. The van der Waals surface area contributed by atoms with Crippen LogP contribution < -0.4 is 0 Å². The van der Waals surface area contributed by atoms with Crippen LogP contribution in [0.1, 0.15) is 0 Å². The first-order valence-corrected chi connectivity index (χ1v) is 4.19. The zero-order valence-corrected chi connectivity index (χ0v) is 7.30. The third-order valence-electron chi connectivity index (χ3n) is 1.96. The van der Waals surface area contributed by atoms with Crippen molar-refractivity contribution in [2.24, 2.45) is 0 Å². The zero-order valence-electron chi connectivity index (χ0n) is 7.30. The van der Waals surface area contributed by atoms with Gasteiger partial charge in [0.1, 0.15) is 11.6 Å². The number of hydrogen-bond acceptors (Lipinski definition) is 0. The van der Waals surface area contributed by atoms with E-state index in [0.29, 0.717) is 5.56 Å². The van der Waals surface area contributed by atoms with Crippen LogP contribution in [0, 0.1) is 17.7 Å². The second-order valence-corrected chi connectivity index (χ2v) is 2.89. The van der Waals surface area contributed by atoms with Gasteiger partial charge >= 0.3 is 0 Å². The fraction of sp³-hybridized carbons (Fsp3) is 0. The molecule has 14 heavy (non-hydrogen) atoms. The third kappa shape index (κ3) is 1.51. The largest absolute Gasteiger partial charge is 0.206 e. The lowest BCUT2D eigenvalue weighted by Crippen LogP contribution is -1.88. The quantitative estimate of drug-likeness (QED) is 0.644. The average Bonchev–Trinajstić information content (AvgIpc) is 2.19. The van der Waals surface area contributed by atoms with E-state index in [1.807, 2.05) is 0 Å². The molecule has 0 aliphatic carbocycles. The summed E-state index contributed by atoms with van der Waals surface area (Å²) in [5.41, 5.74) is 0.542. The van der Waals surface area contributed by atoms with E-state index in [4.69, 9.17) is 0 Å². The van der Waals surface area contributed by atoms with Gasteiger partial charge in [-0.05, 0) is 23.8 Å². The van der Waals surface area contributed by atoms with Gasteiger partial charge in [0.25, 0.3) is 0 Å². The molecule has 2 aromatic carbocycles. The minimum Gasteiger partial charge on any atom is -0.206 e. The van der Waals surface area contributed by atoms with E-state index in [1.165, 1.54) is 0 Å². The van der Waals surface area contributed by atoms with Crippen molar-refractivity contribution in [3.05, 3.63) is 60.2 Å². The SMILES string of the molecule is Fc1c[c]cc(F)c1-c1ccccc1. The fourth-order valence-corrected chi connectivity index (χ4v) is 1.33. The molecule has 0 heterocycles. The maximum absolute atomic E-state index is 13.3. The van der Waals surface area contributed by atoms with Gasteiger partial charge in [-0.15, -0.1) is 0 Å². The van der Waals surface area contributed by atoms with Crippen molar-refractivity contribution in [2.75, 3.05) is 0 Å². The first kappa shape index (κ1) is 8.88. The van der Waals surface area contributed by atoms with E-state index in [9.17, 15) is 8.78 Å². The van der Waals surface area contributed by atoms with Crippen molar-refractivity contribution in [3.8, 4) is 11.1 Å². The second kappa shape index (κ2) is 3.58. The molecule has 0 atom stereocenters. The van der Waals surface area contributed by atoms with Crippen molar-refractivity contribution >= 4 is 0 Å². The van der Waals surface area contributed by atoms with Gasteiger partial charge in [-0.2, -0.15) is 0 Å². The Hall–Kier alpha value is -1.70. The molecule has 0 fully saturated rings. The van der Waals surface area contributed by atoms with Crippen molar-refractivity contribution in [1.82, 2.24) is 0 Å². The molecule has 0 saturated carbocycles. The summed E-state index contributed by atoms with van der Waals surface area (Å²) in [6, 6.07) is 13.3. The second-order valence-electron chi connectivity index (χ2n) is 2.89. The molecule has 0 aliphatic heterocycles. The van der Waals surface area contributed by atoms with Crippen LogP contribution in [0.2, 0.25) is 0 Å². The average molecular weight is 189 g/mol. The molecule has 1 radical (unpaired) electrons. The summed E-state index contributed by atoms with van der Waals surface area (Å²) in [4.78, 5) is 0. The van der Waals surface area contributed by atoms with Crippen LogP contribution in [0.3, 0.4) is 0 Å². The lowest BCUT2D eigenvalue weighted by molar-refractivity contribution is 0.589. The van der Waals surface area contributed by atoms with Crippen LogP contribution in [0.4, 0.5) is 8.78 Å². The monoisotopic (exact) mass is 189 g/mol. The molecule has 0 bridgehead atoms. The Balaban J connectivity index is 2.63. The molecule has 2 heteroatoms. The van der Waals surface area contributed by atoms with Crippen molar-refractivity contribution in [3.63, 3.8) is 0 Å². The Bertz CT molecular complexity index is 415. The van der Waals surface area contributed by atoms with Crippen LogP contribution in [-0.2, 0) is 0 Å². The predicted molar refractivity (Wildman–Crippen MR) is 50.6 cm³/mol. The van der Waals surface area contributed by atoms with Crippen molar-refractivity contribution < 1.29 is 8.78 Å². The Kier molecular flexibility index (Phi) is 2.27. The highest BCUT2D eigenvalue weighted by Crippen LogP contribution is 2.24. The van der Waals surface area contributed by atoms with Crippen LogP contribution in [0.15, 0.2) is 42.5 Å². The summed E-state index contributed by atoms with van der Waals surface area (Å²) in [6.45, 7) is 0. The molecule has 0 saturated heterocycles. The van der Waals surface area contributed by atoms with E-state index in [2.05, 4.69) is 6.07 Å². The number of halogens is 2. The highest BCUT2D eigenvalue weighted by Gasteiger charge is 2.09. The van der Waals surface area contributed by atoms with Gasteiger partial charge in [0.05, 0.1) is 5.56 Å². The molecule has 2 aromatic rings. The summed E-state index contributed by atoms with van der Waals surface area (Å²) in [5.74, 6) is -1.17. The molecule has 2 rings (SSSR count). The van der Waals surface area contributed by atoms with Gasteiger partial charge in [-0.3, -0.25) is 0 Å². The highest BCUT2D eigenvalue weighted by molar-refractivity contribution is 5.64.